The number of Topliss-reactive ketones (excluding diaryl/α,β-unsaturated/α-hetero) is 2. The molecule has 8 aromatic rings. The molecule has 58 heavy (non-hydrogen) atoms. The number of ketones is 2. The first kappa shape index (κ1) is 37.3. The van der Waals surface area contributed by atoms with Crippen molar-refractivity contribution in [3.05, 3.63) is 156 Å². The predicted octanol–water partition coefficient (Wildman–Crippen LogP) is 8.85. The normalized spacial score (nSPS) is 11.0. The van der Waals surface area contributed by atoms with Gasteiger partial charge in [0.05, 0.1) is 45.3 Å². The van der Waals surface area contributed by atoms with Gasteiger partial charge < -0.3 is 10.6 Å². The molecule has 0 radical (unpaired) electrons. The molecule has 0 aliphatic rings. The summed E-state index contributed by atoms with van der Waals surface area (Å²) in [4.78, 5) is 45.5. The molecule has 4 aromatic carbocycles. The van der Waals surface area contributed by atoms with Gasteiger partial charge in [0.15, 0.2) is 11.6 Å². The molecule has 0 amide bonds. The molecule has 0 unspecified atom stereocenters. The van der Waals surface area contributed by atoms with Crippen molar-refractivity contribution in [2.75, 3.05) is 23.7 Å². The van der Waals surface area contributed by atoms with Crippen molar-refractivity contribution in [1.29, 1.82) is 0 Å². The van der Waals surface area contributed by atoms with Crippen molar-refractivity contribution in [3.63, 3.8) is 0 Å². The Morgan fingerprint density at radius 2 is 0.828 bits per heavy atom. The van der Waals surface area contributed by atoms with Crippen LogP contribution in [0.3, 0.4) is 0 Å². The van der Waals surface area contributed by atoms with Crippen LogP contribution in [-0.2, 0) is 0 Å². The van der Waals surface area contributed by atoms with Gasteiger partial charge >= 0.3 is 0 Å². The summed E-state index contributed by atoms with van der Waals surface area (Å²) in [6.07, 6.45) is 3.82. The fraction of sp³-hybridized carbons (Fsp3) is 0.130. The van der Waals surface area contributed by atoms with Crippen LogP contribution in [0.1, 0.15) is 46.0 Å². The quantitative estimate of drug-likeness (QED) is 0.0863. The van der Waals surface area contributed by atoms with Gasteiger partial charge in [-0.3, -0.25) is 9.59 Å². The molecule has 2 N–H and O–H groups in total. The Bertz CT molecular complexity index is 2560. The van der Waals surface area contributed by atoms with Crippen molar-refractivity contribution < 1.29 is 9.59 Å². The van der Waals surface area contributed by atoms with E-state index in [1.54, 1.807) is 9.36 Å². The lowest BCUT2D eigenvalue weighted by Gasteiger charge is -2.14. The van der Waals surface area contributed by atoms with Crippen LogP contribution < -0.4 is 10.6 Å². The molecule has 0 atom stereocenters. The maximum absolute atomic E-state index is 13.1. The first-order valence-electron chi connectivity index (χ1n) is 18.9. The van der Waals surface area contributed by atoms with Crippen LogP contribution in [0, 0.1) is 13.8 Å². The average Bonchev–Trinajstić information content (AvgIpc) is 3.90. The summed E-state index contributed by atoms with van der Waals surface area (Å²) in [5, 5.41) is 16.6. The number of nitrogens with zero attached hydrogens (tertiary/aromatic N) is 8. The Kier molecular flexibility index (Phi) is 10.5. The van der Waals surface area contributed by atoms with E-state index in [1.807, 2.05) is 148 Å². The summed E-state index contributed by atoms with van der Waals surface area (Å²) in [5.41, 5.74) is 9.29. The van der Waals surface area contributed by atoms with Crippen molar-refractivity contribution in [2.24, 2.45) is 0 Å². The molecule has 12 nitrogen and oxygen atoms in total. The van der Waals surface area contributed by atoms with Crippen molar-refractivity contribution in [3.8, 4) is 56.4 Å². The minimum atomic E-state index is -0.144. The van der Waals surface area contributed by atoms with Gasteiger partial charge in [0.1, 0.15) is 11.4 Å². The van der Waals surface area contributed by atoms with E-state index in [2.05, 4.69) is 20.6 Å². The maximum atomic E-state index is 13.1. The second kappa shape index (κ2) is 16.2. The highest BCUT2D eigenvalue weighted by Gasteiger charge is 2.25. The molecule has 0 fully saturated rings. The largest absolute Gasteiger partial charge is 0.352 e. The van der Waals surface area contributed by atoms with Gasteiger partial charge in [0, 0.05) is 47.7 Å². The van der Waals surface area contributed by atoms with E-state index >= 15 is 0 Å². The smallest absolute Gasteiger partial charge is 0.223 e. The number of aryl methyl sites for hydroxylation is 2. The molecule has 0 aliphatic heterocycles. The number of rotatable bonds is 13. The Hall–Kier alpha value is -7.60. The molecule has 0 bridgehead atoms. The number of benzene rings is 4. The van der Waals surface area contributed by atoms with Gasteiger partial charge in [-0.2, -0.15) is 10.2 Å². The number of anilines is 2. The zero-order valence-corrected chi connectivity index (χ0v) is 32.5. The van der Waals surface area contributed by atoms with Gasteiger partial charge in [0.25, 0.3) is 0 Å². The third kappa shape index (κ3) is 7.63. The molecule has 0 saturated carbocycles. The first-order chi connectivity index (χ1) is 28.2. The van der Waals surface area contributed by atoms with Gasteiger partial charge in [0.2, 0.25) is 11.9 Å². The number of aromatic nitrogens is 8. The highest BCUT2D eigenvalue weighted by molar-refractivity contribution is 6.03. The van der Waals surface area contributed by atoms with E-state index in [0.29, 0.717) is 81.4 Å². The number of nitrogens with one attached hydrogen (secondary N) is 2. The molecule has 0 spiro atoms. The first-order valence-corrected chi connectivity index (χ1v) is 18.9. The summed E-state index contributed by atoms with van der Waals surface area (Å²) in [5.74, 6) is 0.427. The number of para-hydroxylation sites is 2. The fourth-order valence-corrected chi connectivity index (χ4v) is 7.02. The Balaban J connectivity index is 1.10. The molecular formula is C46H40N10O2. The van der Waals surface area contributed by atoms with E-state index in [-0.39, 0.29) is 11.6 Å². The molecule has 12 heteroatoms. The molecule has 4 heterocycles. The summed E-state index contributed by atoms with van der Waals surface area (Å²) < 4.78 is 3.61. The SMILES string of the molecule is CC(=O)c1c(C)nc(NCCNc2nc(C)c(C(C)=O)c(-c3cn(-c4ccccc4)nc3-c3ccccc3)n2)nc1-c1cn(-c2ccccc2)nc1-c1ccccc1. The molecule has 0 saturated heterocycles. The summed E-state index contributed by atoms with van der Waals surface area (Å²) in [7, 11) is 0. The van der Waals surface area contributed by atoms with Crippen molar-refractivity contribution in [1.82, 2.24) is 39.5 Å². The molecular weight excluding hydrogens is 725 g/mol. The second-order valence-electron chi connectivity index (χ2n) is 13.8. The summed E-state index contributed by atoms with van der Waals surface area (Å²) in [6.45, 7) is 7.46. The molecule has 286 valence electrons. The van der Waals surface area contributed by atoms with Crippen LogP contribution in [0.15, 0.2) is 134 Å². The maximum Gasteiger partial charge on any atom is 0.223 e. The van der Waals surface area contributed by atoms with Gasteiger partial charge in [-0.25, -0.2) is 29.3 Å². The third-order valence-corrected chi connectivity index (χ3v) is 9.65. The topological polar surface area (TPSA) is 145 Å². The van der Waals surface area contributed by atoms with Crippen LogP contribution in [0.5, 0.6) is 0 Å². The number of hydrogen-bond acceptors (Lipinski definition) is 10. The molecule has 8 rings (SSSR count). The van der Waals surface area contributed by atoms with Crippen LogP contribution in [0.25, 0.3) is 56.4 Å². The summed E-state index contributed by atoms with van der Waals surface area (Å²) in [6, 6.07) is 39.3. The zero-order valence-electron chi connectivity index (χ0n) is 32.5. The lowest BCUT2D eigenvalue weighted by molar-refractivity contribution is 0.100. The van der Waals surface area contributed by atoms with Gasteiger partial charge in [-0.15, -0.1) is 0 Å². The Morgan fingerprint density at radius 1 is 0.483 bits per heavy atom. The summed E-state index contributed by atoms with van der Waals surface area (Å²) >= 11 is 0. The zero-order chi connectivity index (χ0) is 40.2. The lowest BCUT2D eigenvalue weighted by atomic mass is 9.99. The number of carbonyl (C=O) groups is 2. The van der Waals surface area contributed by atoms with E-state index in [1.165, 1.54) is 13.8 Å². The van der Waals surface area contributed by atoms with E-state index in [0.717, 1.165) is 22.5 Å². The molecule has 0 aliphatic carbocycles. The van der Waals surface area contributed by atoms with Gasteiger partial charge in [-0.1, -0.05) is 97.1 Å². The van der Waals surface area contributed by atoms with Gasteiger partial charge in [-0.05, 0) is 52.0 Å². The van der Waals surface area contributed by atoms with E-state index < -0.39 is 0 Å². The number of carbonyl (C=O) groups excluding carboxylic acids is 2. The van der Waals surface area contributed by atoms with Crippen LogP contribution in [0.2, 0.25) is 0 Å². The lowest BCUT2D eigenvalue weighted by Crippen LogP contribution is -2.19. The fourth-order valence-electron chi connectivity index (χ4n) is 7.02. The third-order valence-electron chi connectivity index (χ3n) is 9.65. The standard InChI is InChI=1S/C46H40N10O2/c1-29-39(31(3)57)43(37-27-55(35-21-13-7-14-22-35)53-41(37)33-17-9-5-10-18-33)51-45(49-29)47-25-26-48-46-50-30(2)40(32(4)58)44(52-46)38-28-56(36-23-15-8-16-24-36)54-42(38)34-19-11-6-12-20-34/h5-24,27-28H,25-26H2,1-4H3,(H,47,49,51)(H,48,50,52). The highest BCUT2D eigenvalue weighted by atomic mass is 16.1. The van der Waals surface area contributed by atoms with Crippen LogP contribution in [0.4, 0.5) is 11.9 Å². The Morgan fingerprint density at radius 3 is 1.17 bits per heavy atom. The Labute approximate surface area is 335 Å². The highest BCUT2D eigenvalue weighted by Crippen LogP contribution is 2.36. The molecule has 4 aromatic heterocycles. The van der Waals surface area contributed by atoms with Crippen molar-refractivity contribution >= 4 is 23.5 Å². The monoisotopic (exact) mass is 764 g/mol. The minimum Gasteiger partial charge on any atom is -0.352 e. The minimum absolute atomic E-state index is 0.144. The van der Waals surface area contributed by atoms with Crippen LogP contribution >= 0.6 is 0 Å². The number of hydrogen-bond donors (Lipinski definition) is 2. The van der Waals surface area contributed by atoms with Crippen LogP contribution in [-0.4, -0.2) is 64.2 Å². The van der Waals surface area contributed by atoms with E-state index in [9.17, 15) is 9.59 Å². The predicted molar refractivity (Wildman–Crippen MR) is 227 cm³/mol. The second-order valence-corrected chi connectivity index (χ2v) is 13.8. The van der Waals surface area contributed by atoms with Crippen molar-refractivity contribution in [2.45, 2.75) is 27.7 Å². The average molecular weight is 765 g/mol. The van der Waals surface area contributed by atoms with E-state index in [4.69, 9.17) is 20.2 Å².